The maximum atomic E-state index is 12.6. The summed E-state index contributed by atoms with van der Waals surface area (Å²) in [5.74, 6) is 1.54. The Morgan fingerprint density at radius 2 is 1.90 bits per heavy atom. The minimum absolute atomic E-state index is 0.0671. The normalized spacial score (nSPS) is 14.9. The fourth-order valence-corrected chi connectivity index (χ4v) is 5.37. The van der Waals surface area contributed by atoms with Crippen molar-refractivity contribution < 1.29 is 22.7 Å². The number of nitrogens with zero attached hydrogens (tertiary/aromatic N) is 1. The Hall–Kier alpha value is -1.78. The Morgan fingerprint density at radius 1 is 1.16 bits per heavy atom. The third kappa shape index (κ3) is 7.40. The van der Waals surface area contributed by atoms with Crippen LogP contribution < -0.4 is 10.1 Å². The van der Waals surface area contributed by atoms with Gasteiger partial charge in [0.1, 0.15) is 12.4 Å². The first-order valence-corrected chi connectivity index (χ1v) is 12.8. The molecule has 2 aromatic rings. The van der Waals surface area contributed by atoms with E-state index in [1.54, 1.807) is 12.1 Å². The number of sulfonamides is 1. The third-order valence-electron chi connectivity index (χ3n) is 4.52. The van der Waals surface area contributed by atoms with Gasteiger partial charge in [-0.1, -0.05) is 23.7 Å². The number of nitrogens with one attached hydrogen (secondary N) is 1. The molecule has 1 N–H and O–H groups in total. The van der Waals surface area contributed by atoms with Crippen LogP contribution in [0, 0.1) is 0 Å². The SMILES string of the molecule is O=C(CSCc1cccc(Cl)c1)NCCOc1ccc(S(=O)(=O)N2CCOCC2)cc1. The molecule has 0 atom stereocenters. The van der Waals surface area contributed by atoms with Crippen LogP contribution in [0.4, 0.5) is 0 Å². The summed E-state index contributed by atoms with van der Waals surface area (Å²) in [5.41, 5.74) is 1.08. The van der Waals surface area contributed by atoms with Crippen molar-refractivity contribution in [1.82, 2.24) is 9.62 Å². The predicted octanol–water partition coefficient (Wildman–Crippen LogP) is 2.79. The second-order valence-electron chi connectivity index (χ2n) is 6.81. The van der Waals surface area contributed by atoms with Crippen molar-refractivity contribution in [1.29, 1.82) is 0 Å². The van der Waals surface area contributed by atoms with E-state index in [1.165, 1.54) is 28.2 Å². The number of amides is 1. The summed E-state index contributed by atoms with van der Waals surface area (Å²) in [4.78, 5) is 12.2. The summed E-state index contributed by atoms with van der Waals surface area (Å²) in [6, 6.07) is 13.9. The second-order valence-corrected chi connectivity index (χ2v) is 10.2. The summed E-state index contributed by atoms with van der Waals surface area (Å²) >= 11 is 7.46. The molecule has 1 fully saturated rings. The lowest BCUT2D eigenvalue weighted by molar-refractivity contribution is -0.118. The van der Waals surface area contributed by atoms with Crippen molar-refractivity contribution >= 4 is 39.3 Å². The molecular formula is C21H25ClN2O5S2. The summed E-state index contributed by atoms with van der Waals surface area (Å²) < 4.78 is 37.4. The van der Waals surface area contributed by atoms with Crippen molar-refractivity contribution in [3.05, 3.63) is 59.1 Å². The van der Waals surface area contributed by atoms with Crippen LogP contribution in [-0.4, -0.2) is 63.8 Å². The topological polar surface area (TPSA) is 84.9 Å². The van der Waals surface area contributed by atoms with Gasteiger partial charge in [0, 0.05) is 23.9 Å². The average Bonchev–Trinajstić information content (AvgIpc) is 2.78. The lowest BCUT2D eigenvalue weighted by Gasteiger charge is -2.26. The molecule has 1 heterocycles. The zero-order valence-electron chi connectivity index (χ0n) is 17.0. The Kier molecular flexibility index (Phi) is 9.03. The van der Waals surface area contributed by atoms with Crippen molar-refractivity contribution in [2.45, 2.75) is 10.6 Å². The molecule has 2 aromatic carbocycles. The average molecular weight is 485 g/mol. The van der Waals surface area contributed by atoms with Crippen molar-refractivity contribution in [2.75, 3.05) is 45.2 Å². The monoisotopic (exact) mass is 484 g/mol. The number of morpholine rings is 1. The van der Waals surface area contributed by atoms with E-state index in [1.807, 2.05) is 24.3 Å². The van der Waals surface area contributed by atoms with E-state index >= 15 is 0 Å². The molecule has 1 saturated heterocycles. The summed E-state index contributed by atoms with van der Waals surface area (Å²) in [6.07, 6.45) is 0. The number of carbonyl (C=O) groups excluding carboxylic acids is 1. The molecule has 0 spiro atoms. The number of halogens is 1. The van der Waals surface area contributed by atoms with Crippen LogP contribution >= 0.6 is 23.4 Å². The summed E-state index contributed by atoms with van der Waals surface area (Å²) in [6.45, 7) is 2.19. The number of rotatable bonds is 10. The zero-order valence-corrected chi connectivity index (χ0v) is 19.3. The third-order valence-corrected chi connectivity index (χ3v) is 7.67. The fraction of sp³-hybridized carbons (Fsp3) is 0.381. The van der Waals surface area contributed by atoms with Gasteiger partial charge >= 0.3 is 0 Å². The van der Waals surface area contributed by atoms with E-state index in [0.717, 1.165) is 5.56 Å². The largest absolute Gasteiger partial charge is 0.492 e. The number of hydrogen-bond donors (Lipinski definition) is 1. The smallest absolute Gasteiger partial charge is 0.243 e. The molecule has 10 heteroatoms. The van der Waals surface area contributed by atoms with Gasteiger partial charge in [0.05, 0.1) is 30.4 Å². The first-order valence-electron chi connectivity index (χ1n) is 9.85. The summed E-state index contributed by atoms with van der Waals surface area (Å²) in [7, 11) is -3.52. The number of ether oxygens (including phenoxy) is 2. The highest BCUT2D eigenvalue weighted by Gasteiger charge is 2.26. The minimum Gasteiger partial charge on any atom is -0.492 e. The van der Waals surface area contributed by atoms with Crippen molar-refractivity contribution in [3.8, 4) is 5.75 Å². The van der Waals surface area contributed by atoms with Crippen LogP contribution in [0.1, 0.15) is 5.56 Å². The van der Waals surface area contributed by atoms with Crippen LogP contribution in [0.2, 0.25) is 5.02 Å². The number of hydrogen-bond acceptors (Lipinski definition) is 6. The molecule has 0 radical (unpaired) electrons. The lowest BCUT2D eigenvalue weighted by Crippen LogP contribution is -2.40. The van der Waals surface area contributed by atoms with E-state index in [0.29, 0.717) is 61.7 Å². The number of benzene rings is 2. The van der Waals surface area contributed by atoms with E-state index < -0.39 is 10.0 Å². The van der Waals surface area contributed by atoms with Gasteiger partial charge in [0.15, 0.2) is 0 Å². The highest BCUT2D eigenvalue weighted by atomic mass is 35.5. The maximum Gasteiger partial charge on any atom is 0.243 e. The Balaban J connectivity index is 1.35. The van der Waals surface area contributed by atoms with Gasteiger partial charge in [-0.2, -0.15) is 4.31 Å². The van der Waals surface area contributed by atoms with Crippen LogP contribution in [0.3, 0.4) is 0 Å². The van der Waals surface area contributed by atoms with Gasteiger partial charge < -0.3 is 14.8 Å². The van der Waals surface area contributed by atoms with Crippen LogP contribution in [-0.2, 0) is 25.3 Å². The molecule has 1 amide bonds. The molecule has 0 unspecified atom stereocenters. The van der Waals surface area contributed by atoms with E-state index in [9.17, 15) is 13.2 Å². The predicted molar refractivity (Wildman–Crippen MR) is 122 cm³/mol. The van der Waals surface area contributed by atoms with Gasteiger partial charge in [0.2, 0.25) is 15.9 Å². The summed E-state index contributed by atoms with van der Waals surface area (Å²) in [5, 5.41) is 3.49. The standard InChI is InChI=1S/C21H25ClN2O5S2/c22-18-3-1-2-17(14-18)15-30-16-21(25)23-8-11-29-19-4-6-20(7-5-19)31(26,27)24-9-12-28-13-10-24/h1-7,14H,8-13,15-16H2,(H,23,25). The molecule has 0 saturated carbocycles. The van der Waals surface area contributed by atoms with E-state index in [2.05, 4.69) is 5.32 Å². The molecule has 0 aliphatic carbocycles. The van der Waals surface area contributed by atoms with Crippen LogP contribution in [0.15, 0.2) is 53.4 Å². The molecule has 0 bridgehead atoms. The van der Waals surface area contributed by atoms with Crippen LogP contribution in [0.5, 0.6) is 5.75 Å². The lowest BCUT2D eigenvalue weighted by atomic mass is 10.2. The molecular weight excluding hydrogens is 460 g/mol. The first kappa shape index (κ1) is 23.9. The van der Waals surface area contributed by atoms with Gasteiger partial charge in [0.25, 0.3) is 0 Å². The first-order chi connectivity index (χ1) is 14.9. The van der Waals surface area contributed by atoms with Crippen LogP contribution in [0.25, 0.3) is 0 Å². The van der Waals surface area contributed by atoms with Gasteiger partial charge in [-0.05, 0) is 42.0 Å². The van der Waals surface area contributed by atoms with Gasteiger partial charge in [-0.3, -0.25) is 4.79 Å². The van der Waals surface area contributed by atoms with Gasteiger partial charge in [-0.25, -0.2) is 8.42 Å². The van der Waals surface area contributed by atoms with E-state index in [-0.39, 0.29) is 10.8 Å². The number of carbonyl (C=O) groups is 1. The Labute approximate surface area is 192 Å². The highest BCUT2D eigenvalue weighted by Crippen LogP contribution is 2.20. The fourth-order valence-electron chi connectivity index (χ4n) is 2.94. The quantitative estimate of drug-likeness (QED) is 0.522. The molecule has 1 aliphatic rings. The molecule has 31 heavy (non-hydrogen) atoms. The number of thioether (sulfide) groups is 1. The zero-order chi connectivity index (χ0) is 22.1. The second kappa shape index (κ2) is 11.7. The highest BCUT2D eigenvalue weighted by molar-refractivity contribution is 7.99. The Morgan fingerprint density at radius 3 is 2.61 bits per heavy atom. The molecule has 3 rings (SSSR count). The molecule has 168 valence electrons. The van der Waals surface area contributed by atoms with Crippen molar-refractivity contribution in [2.24, 2.45) is 0 Å². The maximum absolute atomic E-state index is 12.6. The molecule has 7 nitrogen and oxygen atoms in total. The van der Waals surface area contributed by atoms with E-state index in [4.69, 9.17) is 21.1 Å². The van der Waals surface area contributed by atoms with Crippen molar-refractivity contribution in [3.63, 3.8) is 0 Å². The minimum atomic E-state index is -3.52. The Bertz CT molecular complexity index is 964. The molecule has 1 aliphatic heterocycles. The molecule has 0 aromatic heterocycles. The van der Waals surface area contributed by atoms with Gasteiger partial charge in [-0.15, -0.1) is 11.8 Å².